The van der Waals surface area contributed by atoms with Crippen molar-refractivity contribution in [3.8, 4) is 33.6 Å². The minimum Gasteiger partial charge on any atom is -0.256 e. The molecule has 2 aromatic heterocycles. The lowest BCUT2D eigenvalue weighted by Gasteiger charge is -2.15. The van der Waals surface area contributed by atoms with E-state index in [0.717, 1.165) is 23.8 Å². The molecule has 4 aromatic rings. The number of nitrogens with zero attached hydrogens (tertiary/aromatic N) is 3. The third kappa shape index (κ3) is 3.36. The van der Waals surface area contributed by atoms with Gasteiger partial charge in [-0.05, 0) is 51.8 Å². The number of pyridine rings is 1. The van der Waals surface area contributed by atoms with Gasteiger partial charge in [0.15, 0.2) is 0 Å². The number of halogens is 3. The summed E-state index contributed by atoms with van der Waals surface area (Å²) in [5.74, 6) is -1.12. The molecule has 0 aliphatic carbocycles. The second-order valence-corrected chi connectivity index (χ2v) is 6.55. The fourth-order valence-electron chi connectivity index (χ4n) is 2.91. The summed E-state index contributed by atoms with van der Waals surface area (Å²) in [6.45, 7) is 0. The third-order valence-corrected chi connectivity index (χ3v) is 4.65. The molecule has 2 heterocycles. The Morgan fingerprint density at radius 1 is 0.778 bits per heavy atom. The molecule has 0 unspecified atom stereocenters. The smallest absolute Gasteiger partial charge is 0.138 e. The molecular formula is C21H12BrF2N3. The van der Waals surface area contributed by atoms with Gasteiger partial charge >= 0.3 is 0 Å². The Morgan fingerprint density at radius 3 is 2.30 bits per heavy atom. The number of hydrogen-bond donors (Lipinski definition) is 0. The van der Waals surface area contributed by atoms with Crippen LogP contribution in [0.4, 0.5) is 8.78 Å². The van der Waals surface area contributed by atoms with E-state index in [2.05, 4.69) is 31.1 Å². The maximum Gasteiger partial charge on any atom is 0.138 e. The zero-order chi connectivity index (χ0) is 18.8. The molecule has 4 rings (SSSR count). The van der Waals surface area contributed by atoms with Gasteiger partial charge in [0.1, 0.15) is 21.9 Å². The van der Waals surface area contributed by atoms with Crippen LogP contribution in [0, 0.1) is 11.6 Å². The molecule has 0 fully saturated rings. The van der Waals surface area contributed by atoms with Gasteiger partial charge in [-0.2, -0.15) is 0 Å². The molecule has 0 saturated carbocycles. The summed E-state index contributed by atoms with van der Waals surface area (Å²) in [6.07, 6.45) is 1.67. The van der Waals surface area contributed by atoms with Gasteiger partial charge in [-0.25, -0.2) is 8.78 Å². The van der Waals surface area contributed by atoms with Crippen LogP contribution in [0.15, 0.2) is 77.5 Å². The molecule has 2 aromatic carbocycles. The van der Waals surface area contributed by atoms with Crippen LogP contribution in [0.3, 0.4) is 0 Å². The Bertz CT molecular complexity index is 1100. The Labute approximate surface area is 162 Å². The van der Waals surface area contributed by atoms with Crippen LogP contribution in [-0.4, -0.2) is 15.2 Å². The van der Waals surface area contributed by atoms with Crippen LogP contribution in [0.5, 0.6) is 0 Å². The minimum absolute atomic E-state index is 0.0473. The van der Waals surface area contributed by atoms with Crippen LogP contribution in [0.2, 0.25) is 0 Å². The van der Waals surface area contributed by atoms with Gasteiger partial charge < -0.3 is 0 Å². The highest BCUT2D eigenvalue weighted by atomic mass is 79.9. The molecule has 3 nitrogen and oxygen atoms in total. The fourth-order valence-corrected chi connectivity index (χ4v) is 3.39. The van der Waals surface area contributed by atoms with E-state index in [1.54, 1.807) is 12.3 Å². The quantitative estimate of drug-likeness (QED) is 0.410. The molecule has 0 aliphatic heterocycles. The van der Waals surface area contributed by atoms with Crippen molar-refractivity contribution in [2.24, 2.45) is 0 Å². The first-order valence-electron chi connectivity index (χ1n) is 8.13. The zero-order valence-corrected chi connectivity index (χ0v) is 15.5. The van der Waals surface area contributed by atoms with Crippen LogP contribution in [0.1, 0.15) is 0 Å². The van der Waals surface area contributed by atoms with Gasteiger partial charge in [0, 0.05) is 22.9 Å². The molecule has 0 radical (unpaired) electrons. The lowest BCUT2D eigenvalue weighted by atomic mass is 9.94. The predicted molar refractivity (Wildman–Crippen MR) is 104 cm³/mol. The van der Waals surface area contributed by atoms with Gasteiger partial charge in [-0.15, -0.1) is 10.2 Å². The van der Waals surface area contributed by atoms with Gasteiger partial charge in [-0.1, -0.05) is 36.4 Å². The topological polar surface area (TPSA) is 38.7 Å². The SMILES string of the molecule is Fc1ccc(F)c(-c2nnc(Br)c(-c3ccccn3)c2-c2ccccc2)c1. The van der Waals surface area contributed by atoms with E-state index in [0.29, 0.717) is 21.4 Å². The standard InChI is InChI=1S/C21H12BrF2N3/c22-21-19(17-8-4-5-11-25-17)18(13-6-2-1-3-7-13)20(26-27-21)15-12-14(23)9-10-16(15)24/h1-12H. The summed E-state index contributed by atoms with van der Waals surface area (Å²) in [4.78, 5) is 4.41. The summed E-state index contributed by atoms with van der Waals surface area (Å²) in [5, 5.41) is 8.31. The first kappa shape index (κ1) is 17.4. The summed E-state index contributed by atoms with van der Waals surface area (Å²) >= 11 is 3.44. The molecule has 132 valence electrons. The van der Waals surface area contributed by atoms with Gasteiger partial charge in [0.25, 0.3) is 0 Å². The molecule has 0 bridgehead atoms. The van der Waals surface area contributed by atoms with Gasteiger partial charge in [-0.3, -0.25) is 4.98 Å². The van der Waals surface area contributed by atoms with E-state index in [9.17, 15) is 8.78 Å². The van der Waals surface area contributed by atoms with Crippen molar-refractivity contribution < 1.29 is 8.78 Å². The molecule has 6 heteroatoms. The van der Waals surface area contributed by atoms with Crippen molar-refractivity contribution in [2.75, 3.05) is 0 Å². The number of benzene rings is 2. The summed E-state index contributed by atoms with van der Waals surface area (Å²) < 4.78 is 28.8. The van der Waals surface area contributed by atoms with E-state index in [-0.39, 0.29) is 11.3 Å². The van der Waals surface area contributed by atoms with E-state index in [4.69, 9.17) is 0 Å². The highest BCUT2D eigenvalue weighted by Gasteiger charge is 2.22. The van der Waals surface area contributed by atoms with Crippen molar-refractivity contribution in [2.45, 2.75) is 0 Å². The monoisotopic (exact) mass is 423 g/mol. The van der Waals surface area contributed by atoms with Crippen molar-refractivity contribution in [1.29, 1.82) is 0 Å². The molecule has 0 saturated heterocycles. The molecule has 0 N–H and O–H groups in total. The minimum atomic E-state index is -0.572. The molecule has 0 atom stereocenters. The lowest BCUT2D eigenvalue weighted by molar-refractivity contribution is 0.602. The Hall–Kier alpha value is -2.99. The number of rotatable bonds is 3. The van der Waals surface area contributed by atoms with E-state index >= 15 is 0 Å². The summed E-state index contributed by atoms with van der Waals surface area (Å²) in [6, 6.07) is 18.2. The first-order valence-corrected chi connectivity index (χ1v) is 8.93. The summed E-state index contributed by atoms with van der Waals surface area (Å²) in [5.41, 5.74) is 3.04. The Morgan fingerprint density at radius 2 is 1.56 bits per heavy atom. The van der Waals surface area contributed by atoms with Crippen molar-refractivity contribution in [1.82, 2.24) is 15.2 Å². The summed E-state index contributed by atoms with van der Waals surface area (Å²) in [7, 11) is 0. The molecule has 27 heavy (non-hydrogen) atoms. The van der Waals surface area contributed by atoms with Crippen molar-refractivity contribution >= 4 is 15.9 Å². The fraction of sp³-hybridized carbons (Fsp3) is 0. The molecule has 0 amide bonds. The maximum absolute atomic E-state index is 14.5. The van der Waals surface area contributed by atoms with E-state index in [1.807, 2.05) is 42.5 Å². The second-order valence-electron chi connectivity index (χ2n) is 5.79. The Balaban J connectivity index is 2.10. The normalized spacial score (nSPS) is 10.8. The van der Waals surface area contributed by atoms with Crippen molar-refractivity contribution in [3.05, 3.63) is 89.2 Å². The zero-order valence-electron chi connectivity index (χ0n) is 13.9. The molecule has 0 spiro atoms. The second kappa shape index (κ2) is 7.32. The third-order valence-electron chi connectivity index (χ3n) is 4.10. The van der Waals surface area contributed by atoms with E-state index < -0.39 is 11.6 Å². The lowest BCUT2D eigenvalue weighted by Crippen LogP contribution is -2.01. The number of aromatic nitrogens is 3. The Kier molecular flexibility index (Phi) is 4.73. The molecular weight excluding hydrogens is 412 g/mol. The largest absolute Gasteiger partial charge is 0.256 e. The highest BCUT2D eigenvalue weighted by molar-refractivity contribution is 9.10. The van der Waals surface area contributed by atoms with Crippen LogP contribution in [-0.2, 0) is 0 Å². The maximum atomic E-state index is 14.5. The van der Waals surface area contributed by atoms with Gasteiger partial charge in [0.05, 0.1) is 5.69 Å². The average Bonchev–Trinajstić information content (AvgIpc) is 2.71. The first-order chi connectivity index (χ1) is 13.1. The van der Waals surface area contributed by atoms with Crippen LogP contribution in [0.25, 0.3) is 33.6 Å². The predicted octanol–water partition coefficient (Wildman–Crippen LogP) is 5.91. The van der Waals surface area contributed by atoms with Crippen LogP contribution >= 0.6 is 15.9 Å². The van der Waals surface area contributed by atoms with Crippen LogP contribution < -0.4 is 0 Å². The average molecular weight is 424 g/mol. The van der Waals surface area contributed by atoms with Crippen molar-refractivity contribution in [3.63, 3.8) is 0 Å². The van der Waals surface area contributed by atoms with E-state index in [1.165, 1.54) is 0 Å². The molecule has 0 aliphatic rings. The highest BCUT2D eigenvalue weighted by Crippen LogP contribution is 2.41. The number of hydrogen-bond acceptors (Lipinski definition) is 3. The van der Waals surface area contributed by atoms with Gasteiger partial charge in [0.2, 0.25) is 0 Å².